The third-order valence-electron chi connectivity index (χ3n) is 5.78. The molecular formula is C24H26O11. The summed E-state index contributed by atoms with van der Waals surface area (Å²) in [7, 11) is 4.35. The summed E-state index contributed by atoms with van der Waals surface area (Å²) in [5.41, 5.74) is -0.0575. The highest BCUT2D eigenvalue weighted by atomic mass is 16.7. The lowest BCUT2D eigenvalue weighted by atomic mass is 9.99. The van der Waals surface area contributed by atoms with E-state index in [1.807, 2.05) is 0 Å². The van der Waals surface area contributed by atoms with Gasteiger partial charge >= 0.3 is 0 Å². The van der Waals surface area contributed by atoms with E-state index in [9.17, 15) is 25.2 Å². The lowest BCUT2D eigenvalue weighted by molar-refractivity contribution is -0.277. The maximum atomic E-state index is 13.7. The first-order chi connectivity index (χ1) is 16.8. The van der Waals surface area contributed by atoms with Crippen LogP contribution < -0.4 is 24.4 Å². The van der Waals surface area contributed by atoms with E-state index < -0.39 is 42.7 Å². The molecule has 0 unspecified atom stereocenters. The Bertz CT molecular complexity index is 1230. The zero-order valence-corrected chi connectivity index (χ0v) is 19.2. The van der Waals surface area contributed by atoms with Gasteiger partial charge in [0.1, 0.15) is 52.6 Å². The van der Waals surface area contributed by atoms with E-state index in [4.69, 9.17) is 28.1 Å². The van der Waals surface area contributed by atoms with Gasteiger partial charge in [0.15, 0.2) is 5.76 Å². The van der Waals surface area contributed by atoms with Gasteiger partial charge < -0.3 is 48.5 Å². The molecule has 0 radical (unpaired) electrons. The van der Waals surface area contributed by atoms with Crippen LogP contribution in [0.1, 0.15) is 0 Å². The Balaban J connectivity index is 1.91. The van der Waals surface area contributed by atoms with Crippen molar-refractivity contribution in [3.8, 4) is 34.3 Å². The van der Waals surface area contributed by atoms with E-state index >= 15 is 0 Å². The van der Waals surface area contributed by atoms with Crippen LogP contribution in [0.4, 0.5) is 0 Å². The van der Waals surface area contributed by atoms with Crippen LogP contribution in [0.25, 0.3) is 22.3 Å². The van der Waals surface area contributed by atoms with Crippen LogP contribution in [0, 0.1) is 0 Å². The minimum absolute atomic E-state index is 0.00239. The molecule has 0 saturated carbocycles. The Morgan fingerprint density at radius 2 is 1.57 bits per heavy atom. The number of ether oxygens (including phenoxy) is 5. The van der Waals surface area contributed by atoms with E-state index in [0.29, 0.717) is 17.1 Å². The molecular weight excluding hydrogens is 464 g/mol. The fourth-order valence-electron chi connectivity index (χ4n) is 3.84. The summed E-state index contributed by atoms with van der Waals surface area (Å²) >= 11 is 0. The molecule has 1 aliphatic rings. The number of methoxy groups -OCH3 is 3. The standard InChI is InChI=1S/C24H26O11/c1-30-12-6-4-11(5-7-12)22-23(35-24-21(29)20(28)18(26)16(10-25)34-24)19(27)17-14(32-3)8-13(31-2)9-15(17)33-22/h4-9,16,18,20-21,24-26,28-29H,10H2,1-3H3/t16-,18-,20+,21-,24+/m1/s1. The summed E-state index contributed by atoms with van der Waals surface area (Å²) in [4.78, 5) is 13.7. The molecule has 35 heavy (non-hydrogen) atoms. The van der Waals surface area contributed by atoms with Crippen LogP contribution in [0.5, 0.6) is 23.0 Å². The maximum absolute atomic E-state index is 13.7. The second-order valence-electron chi connectivity index (χ2n) is 7.84. The van der Waals surface area contributed by atoms with E-state index in [0.717, 1.165) is 0 Å². The fourth-order valence-corrected chi connectivity index (χ4v) is 3.84. The minimum Gasteiger partial charge on any atom is -0.497 e. The molecule has 1 saturated heterocycles. The highest BCUT2D eigenvalue weighted by Crippen LogP contribution is 2.38. The van der Waals surface area contributed by atoms with Crippen molar-refractivity contribution in [2.45, 2.75) is 30.7 Å². The predicted octanol–water partition coefficient (Wildman–Crippen LogP) is 0.664. The first kappa shape index (κ1) is 24.8. The van der Waals surface area contributed by atoms with Gasteiger partial charge in [-0.2, -0.15) is 0 Å². The zero-order chi connectivity index (χ0) is 25.3. The molecule has 3 aromatic rings. The van der Waals surface area contributed by atoms with Gasteiger partial charge in [0.05, 0.1) is 27.9 Å². The van der Waals surface area contributed by atoms with Gasteiger partial charge in [-0.25, -0.2) is 0 Å². The summed E-state index contributed by atoms with van der Waals surface area (Å²) in [6.45, 7) is -0.657. The number of fused-ring (bicyclic) bond motifs is 1. The van der Waals surface area contributed by atoms with Crippen molar-refractivity contribution >= 4 is 11.0 Å². The number of rotatable bonds is 7. The quantitative estimate of drug-likeness (QED) is 0.369. The van der Waals surface area contributed by atoms with Crippen molar-refractivity contribution in [1.29, 1.82) is 0 Å². The average molecular weight is 490 g/mol. The summed E-state index contributed by atoms with van der Waals surface area (Å²) in [5.74, 6) is 0.776. The molecule has 2 aromatic carbocycles. The Morgan fingerprint density at radius 3 is 2.17 bits per heavy atom. The second-order valence-corrected chi connectivity index (χ2v) is 7.84. The molecule has 11 nitrogen and oxygen atoms in total. The van der Waals surface area contributed by atoms with Crippen molar-refractivity contribution < 1.29 is 48.5 Å². The Morgan fingerprint density at radius 1 is 0.886 bits per heavy atom. The number of aliphatic hydroxyl groups excluding tert-OH is 4. The summed E-state index contributed by atoms with van der Waals surface area (Å²) in [5, 5.41) is 40.2. The molecule has 0 bridgehead atoms. The molecule has 188 valence electrons. The third-order valence-corrected chi connectivity index (χ3v) is 5.78. The van der Waals surface area contributed by atoms with E-state index in [1.54, 1.807) is 24.3 Å². The highest BCUT2D eigenvalue weighted by Gasteiger charge is 2.45. The smallest absolute Gasteiger partial charge is 0.239 e. The van der Waals surface area contributed by atoms with Crippen LogP contribution in [-0.2, 0) is 4.74 Å². The van der Waals surface area contributed by atoms with E-state index in [-0.39, 0.29) is 28.2 Å². The highest BCUT2D eigenvalue weighted by molar-refractivity contribution is 5.88. The van der Waals surface area contributed by atoms with Gasteiger partial charge in [-0.1, -0.05) is 0 Å². The van der Waals surface area contributed by atoms with Gasteiger partial charge in [-0.3, -0.25) is 4.79 Å². The van der Waals surface area contributed by atoms with Gasteiger partial charge in [-0.15, -0.1) is 0 Å². The SMILES string of the molecule is COc1ccc(-c2oc3cc(OC)cc(OC)c3c(=O)c2O[C@@H]2O[C@H](CO)[C@@H](O)[C@H](O)[C@H]2O)cc1. The molecule has 0 aliphatic carbocycles. The maximum Gasteiger partial charge on any atom is 0.239 e. The van der Waals surface area contributed by atoms with Crippen molar-refractivity contribution in [2.75, 3.05) is 27.9 Å². The van der Waals surface area contributed by atoms with Gasteiger partial charge in [0.25, 0.3) is 0 Å². The summed E-state index contributed by atoms with van der Waals surface area (Å²) < 4.78 is 33.1. The van der Waals surface area contributed by atoms with Crippen molar-refractivity contribution in [3.63, 3.8) is 0 Å². The molecule has 1 aliphatic heterocycles. The summed E-state index contributed by atoms with van der Waals surface area (Å²) in [6.07, 6.45) is -7.84. The molecule has 1 fully saturated rings. The molecule has 2 heterocycles. The normalized spacial score (nSPS) is 24.3. The molecule has 11 heteroatoms. The summed E-state index contributed by atoms with van der Waals surface area (Å²) in [6, 6.07) is 9.61. The third kappa shape index (κ3) is 4.51. The molecule has 1 aromatic heterocycles. The Hall–Kier alpha value is -3.35. The number of benzene rings is 2. The van der Waals surface area contributed by atoms with Crippen molar-refractivity contribution in [2.24, 2.45) is 0 Å². The molecule has 4 N–H and O–H groups in total. The lowest BCUT2D eigenvalue weighted by Gasteiger charge is -2.39. The zero-order valence-electron chi connectivity index (χ0n) is 19.2. The largest absolute Gasteiger partial charge is 0.497 e. The molecule has 0 spiro atoms. The number of aliphatic hydroxyl groups is 4. The van der Waals surface area contributed by atoms with Crippen LogP contribution in [0.2, 0.25) is 0 Å². The van der Waals surface area contributed by atoms with E-state index in [2.05, 4.69) is 0 Å². The minimum atomic E-state index is -1.73. The number of hydrogen-bond donors (Lipinski definition) is 4. The van der Waals surface area contributed by atoms with Gasteiger partial charge in [0, 0.05) is 17.7 Å². The predicted molar refractivity (Wildman–Crippen MR) is 122 cm³/mol. The molecule has 5 atom stereocenters. The Kier molecular flexibility index (Phi) is 7.15. The van der Waals surface area contributed by atoms with Crippen molar-refractivity contribution in [1.82, 2.24) is 0 Å². The molecule has 4 rings (SSSR count). The first-order valence-corrected chi connectivity index (χ1v) is 10.7. The van der Waals surface area contributed by atoms with Gasteiger partial charge in [0.2, 0.25) is 17.5 Å². The second kappa shape index (κ2) is 10.1. The van der Waals surface area contributed by atoms with Crippen LogP contribution >= 0.6 is 0 Å². The molecule has 0 amide bonds. The lowest BCUT2D eigenvalue weighted by Crippen LogP contribution is -2.60. The Labute approximate surface area is 199 Å². The van der Waals surface area contributed by atoms with Gasteiger partial charge in [-0.05, 0) is 24.3 Å². The monoisotopic (exact) mass is 490 g/mol. The van der Waals surface area contributed by atoms with Crippen LogP contribution in [0.15, 0.2) is 45.6 Å². The van der Waals surface area contributed by atoms with Crippen LogP contribution in [-0.4, -0.2) is 79.1 Å². The van der Waals surface area contributed by atoms with E-state index in [1.165, 1.54) is 33.5 Å². The number of hydrogen-bond acceptors (Lipinski definition) is 11. The topological polar surface area (TPSA) is 157 Å². The average Bonchev–Trinajstić information content (AvgIpc) is 2.89. The fraction of sp³-hybridized carbons (Fsp3) is 0.375. The first-order valence-electron chi connectivity index (χ1n) is 10.7. The van der Waals surface area contributed by atoms with Crippen LogP contribution in [0.3, 0.4) is 0 Å². The van der Waals surface area contributed by atoms with Crippen molar-refractivity contribution in [3.05, 3.63) is 46.6 Å².